The van der Waals surface area contributed by atoms with Crippen molar-refractivity contribution in [1.29, 1.82) is 0 Å². The molecule has 1 aromatic carbocycles. The quantitative estimate of drug-likeness (QED) is 0.822. The molecule has 18 heavy (non-hydrogen) atoms. The molecule has 2 N–H and O–H groups in total. The topological polar surface area (TPSA) is 64.9 Å². The van der Waals surface area contributed by atoms with Gasteiger partial charge in [0.15, 0.2) is 5.82 Å². The van der Waals surface area contributed by atoms with Crippen molar-refractivity contribution >= 4 is 5.69 Å². The molecule has 0 saturated heterocycles. The number of rotatable bonds is 2. The van der Waals surface area contributed by atoms with E-state index in [4.69, 9.17) is 10.3 Å². The summed E-state index contributed by atoms with van der Waals surface area (Å²) in [4.78, 5) is 4.53. The number of hydrogen-bond donors (Lipinski definition) is 1. The highest BCUT2D eigenvalue weighted by atomic mass is 16.5. The Kier molecular flexibility index (Phi) is 2.78. The van der Waals surface area contributed by atoms with Crippen LogP contribution in [0, 0.1) is 6.92 Å². The summed E-state index contributed by atoms with van der Waals surface area (Å²) in [5, 5.41) is 4.12. The molecule has 2 aromatic rings. The fourth-order valence-electron chi connectivity index (χ4n) is 2.56. The van der Waals surface area contributed by atoms with Gasteiger partial charge in [0.1, 0.15) is 0 Å². The number of hydrogen-bond acceptors (Lipinski definition) is 4. The highest BCUT2D eigenvalue weighted by molar-refractivity contribution is 5.63. The molecule has 1 aromatic heterocycles. The van der Waals surface area contributed by atoms with Gasteiger partial charge in [0.05, 0.1) is 0 Å². The Balaban J connectivity index is 1.94. The number of benzene rings is 1. The third-order valence-corrected chi connectivity index (χ3v) is 3.65. The Hall–Kier alpha value is -1.84. The standard InChI is InChI=1S/C14H17N3O/c1-9-6-7-11(15)8-12(9)14-16-13(17-18-14)10-4-2-3-5-10/h6-8,10H,2-5,15H2,1H3. The average Bonchev–Trinajstić information content (AvgIpc) is 3.00. The van der Waals surface area contributed by atoms with Crippen molar-refractivity contribution in [3.63, 3.8) is 0 Å². The first-order valence-electron chi connectivity index (χ1n) is 6.44. The zero-order chi connectivity index (χ0) is 12.5. The lowest BCUT2D eigenvalue weighted by molar-refractivity contribution is 0.415. The molecule has 1 heterocycles. The first-order chi connectivity index (χ1) is 8.74. The molecular weight excluding hydrogens is 226 g/mol. The predicted octanol–water partition coefficient (Wildman–Crippen LogP) is 3.28. The van der Waals surface area contributed by atoms with Crippen LogP contribution in [0.2, 0.25) is 0 Å². The minimum Gasteiger partial charge on any atom is -0.399 e. The van der Waals surface area contributed by atoms with Crippen LogP contribution in [0.1, 0.15) is 43.0 Å². The molecule has 0 amide bonds. The van der Waals surface area contributed by atoms with Crippen molar-refractivity contribution in [3.05, 3.63) is 29.6 Å². The molecule has 1 fully saturated rings. The van der Waals surface area contributed by atoms with Gasteiger partial charge in [-0.15, -0.1) is 0 Å². The van der Waals surface area contributed by atoms with Gasteiger partial charge >= 0.3 is 0 Å². The molecule has 0 bridgehead atoms. The van der Waals surface area contributed by atoms with Gasteiger partial charge < -0.3 is 10.3 Å². The second kappa shape index (κ2) is 4.44. The molecule has 0 unspecified atom stereocenters. The van der Waals surface area contributed by atoms with E-state index in [0.717, 1.165) is 22.6 Å². The Morgan fingerprint density at radius 1 is 1.28 bits per heavy atom. The monoisotopic (exact) mass is 243 g/mol. The van der Waals surface area contributed by atoms with E-state index in [-0.39, 0.29) is 0 Å². The molecule has 1 saturated carbocycles. The van der Waals surface area contributed by atoms with Crippen LogP contribution in [0.4, 0.5) is 5.69 Å². The minimum atomic E-state index is 0.476. The summed E-state index contributed by atoms with van der Waals surface area (Å²) < 4.78 is 5.38. The van der Waals surface area contributed by atoms with Gasteiger partial charge in [-0.3, -0.25) is 0 Å². The van der Waals surface area contributed by atoms with Crippen LogP contribution >= 0.6 is 0 Å². The largest absolute Gasteiger partial charge is 0.399 e. The van der Waals surface area contributed by atoms with Crippen LogP contribution in [-0.4, -0.2) is 10.1 Å². The molecule has 4 nitrogen and oxygen atoms in total. The maximum atomic E-state index is 5.80. The average molecular weight is 243 g/mol. The van der Waals surface area contributed by atoms with Crippen molar-refractivity contribution in [3.8, 4) is 11.5 Å². The number of aryl methyl sites for hydroxylation is 1. The minimum absolute atomic E-state index is 0.476. The maximum absolute atomic E-state index is 5.80. The van der Waals surface area contributed by atoms with Crippen LogP contribution in [-0.2, 0) is 0 Å². The summed E-state index contributed by atoms with van der Waals surface area (Å²) in [6.45, 7) is 2.02. The summed E-state index contributed by atoms with van der Waals surface area (Å²) in [6.07, 6.45) is 4.89. The van der Waals surface area contributed by atoms with E-state index in [0.29, 0.717) is 11.8 Å². The van der Waals surface area contributed by atoms with Crippen molar-refractivity contribution in [2.24, 2.45) is 0 Å². The van der Waals surface area contributed by atoms with Crippen LogP contribution < -0.4 is 5.73 Å². The fourth-order valence-corrected chi connectivity index (χ4v) is 2.56. The van der Waals surface area contributed by atoms with Gasteiger partial charge in [-0.05, 0) is 37.5 Å². The third-order valence-electron chi connectivity index (χ3n) is 3.65. The molecule has 0 spiro atoms. The Bertz CT molecular complexity index is 556. The first kappa shape index (κ1) is 11.3. The Labute approximate surface area is 106 Å². The van der Waals surface area contributed by atoms with E-state index in [1.54, 1.807) is 0 Å². The summed E-state index contributed by atoms with van der Waals surface area (Å²) in [5.74, 6) is 1.91. The molecule has 0 aliphatic heterocycles. The number of nitrogens with zero attached hydrogens (tertiary/aromatic N) is 2. The molecule has 0 atom stereocenters. The smallest absolute Gasteiger partial charge is 0.258 e. The van der Waals surface area contributed by atoms with Crippen LogP contribution in [0.15, 0.2) is 22.7 Å². The normalized spacial score (nSPS) is 16.3. The van der Waals surface area contributed by atoms with Crippen molar-refractivity contribution in [2.75, 3.05) is 5.73 Å². The molecule has 1 aliphatic carbocycles. The van der Waals surface area contributed by atoms with Crippen molar-refractivity contribution in [1.82, 2.24) is 10.1 Å². The predicted molar refractivity (Wildman–Crippen MR) is 70.1 cm³/mol. The highest BCUT2D eigenvalue weighted by Crippen LogP contribution is 2.33. The van der Waals surface area contributed by atoms with Gasteiger partial charge in [0, 0.05) is 17.2 Å². The molecule has 1 aliphatic rings. The second-order valence-electron chi connectivity index (χ2n) is 5.01. The summed E-state index contributed by atoms with van der Waals surface area (Å²) >= 11 is 0. The van der Waals surface area contributed by atoms with Gasteiger partial charge in [0.2, 0.25) is 0 Å². The van der Waals surface area contributed by atoms with E-state index in [2.05, 4.69) is 10.1 Å². The van der Waals surface area contributed by atoms with Crippen molar-refractivity contribution in [2.45, 2.75) is 38.5 Å². The SMILES string of the molecule is Cc1ccc(N)cc1-c1nc(C2CCCC2)no1. The number of nitrogen functional groups attached to an aromatic ring is 1. The van der Waals surface area contributed by atoms with Gasteiger partial charge in [-0.2, -0.15) is 4.98 Å². The lowest BCUT2D eigenvalue weighted by atomic mass is 10.1. The van der Waals surface area contributed by atoms with Gasteiger partial charge in [-0.1, -0.05) is 24.1 Å². The van der Waals surface area contributed by atoms with E-state index in [9.17, 15) is 0 Å². The van der Waals surface area contributed by atoms with Crippen LogP contribution in [0.5, 0.6) is 0 Å². The molecule has 4 heteroatoms. The fraction of sp³-hybridized carbons (Fsp3) is 0.429. The number of nitrogens with two attached hydrogens (primary N) is 1. The second-order valence-corrected chi connectivity index (χ2v) is 5.01. The van der Waals surface area contributed by atoms with E-state index in [1.807, 2.05) is 25.1 Å². The Morgan fingerprint density at radius 2 is 2.06 bits per heavy atom. The molecular formula is C14H17N3O. The van der Waals surface area contributed by atoms with E-state index >= 15 is 0 Å². The van der Waals surface area contributed by atoms with Crippen LogP contribution in [0.25, 0.3) is 11.5 Å². The zero-order valence-electron chi connectivity index (χ0n) is 10.5. The molecule has 94 valence electrons. The van der Waals surface area contributed by atoms with Gasteiger partial charge in [0.25, 0.3) is 5.89 Å². The lowest BCUT2D eigenvalue weighted by Crippen LogP contribution is -1.95. The molecule has 0 radical (unpaired) electrons. The highest BCUT2D eigenvalue weighted by Gasteiger charge is 2.23. The van der Waals surface area contributed by atoms with Crippen LogP contribution in [0.3, 0.4) is 0 Å². The zero-order valence-corrected chi connectivity index (χ0v) is 10.5. The van der Waals surface area contributed by atoms with Gasteiger partial charge in [-0.25, -0.2) is 0 Å². The third kappa shape index (κ3) is 1.98. The maximum Gasteiger partial charge on any atom is 0.258 e. The first-order valence-corrected chi connectivity index (χ1v) is 6.44. The van der Waals surface area contributed by atoms with E-state index in [1.165, 1.54) is 25.7 Å². The lowest BCUT2D eigenvalue weighted by Gasteiger charge is -2.02. The summed E-state index contributed by atoms with van der Waals surface area (Å²) in [7, 11) is 0. The summed E-state index contributed by atoms with van der Waals surface area (Å²) in [5.41, 5.74) is 8.56. The summed E-state index contributed by atoms with van der Waals surface area (Å²) in [6, 6.07) is 5.75. The van der Waals surface area contributed by atoms with Crippen molar-refractivity contribution < 1.29 is 4.52 Å². The van der Waals surface area contributed by atoms with E-state index < -0.39 is 0 Å². The number of anilines is 1. The number of aromatic nitrogens is 2. The Morgan fingerprint density at radius 3 is 2.83 bits per heavy atom. The molecule has 3 rings (SSSR count).